The van der Waals surface area contributed by atoms with Crippen LogP contribution in [-0.2, 0) is 0 Å². The first kappa shape index (κ1) is 13.5. The molecule has 0 aliphatic carbocycles. The minimum atomic E-state index is -1.22. The number of hydrogen-bond acceptors (Lipinski definition) is 5. The lowest BCUT2D eigenvalue weighted by molar-refractivity contribution is 0.0149. The summed E-state index contributed by atoms with van der Waals surface area (Å²) < 4.78 is 0. The number of aromatic nitrogens is 1. The lowest BCUT2D eigenvalue weighted by Crippen LogP contribution is -2.20. The number of nitrogens with two attached hydrogens (primary N) is 1. The van der Waals surface area contributed by atoms with Gasteiger partial charge in [-0.15, -0.1) is 0 Å². The van der Waals surface area contributed by atoms with Gasteiger partial charge in [0.05, 0.1) is 18.0 Å². The molecule has 0 bridgehead atoms. The Labute approximate surface area is 102 Å². The summed E-state index contributed by atoms with van der Waals surface area (Å²) in [5.74, 6) is 0. The van der Waals surface area contributed by atoms with Gasteiger partial charge in [0.15, 0.2) is 0 Å². The van der Waals surface area contributed by atoms with E-state index in [4.69, 9.17) is 22.9 Å². The fraction of sp³-hybridized carbons (Fsp3) is 0.444. The summed E-state index contributed by atoms with van der Waals surface area (Å²) in [6.45, 7) is 0.0854. The smallest absolute Gasteiger partial charge is 0.135 e. The molecule has 0 fully saturated rings. The van der Waals surface area contributed by atoms with Gasteiger partial charge in [-0.3, -0.25) is 0 Å². The first-order chi connectivity index (χ1) is 8.06. The van der Waals surface area contributed by atoms with E-state index >= 15 is 0 Å². The molecule has 1 rings (SSSR count). The number of hydrogen-bond donors (Lipinski definition) is 3. The average molecular weight is 258 g/mol. The van der Waals surface area contributed by atoms with Gasteiger partial charge >= 0.3 is 0 Å². The number of halogens is 1. The Morgan fingerprint density at radius 3 is 2.94 bits per heavy atom. The topological polar surface area (TPSA) is 128 Å². The Kier molecular flexibility index (Phi) is 4.99. The Morgan fingerprint density at radius 2 is 2.29 bits per heavy atom. The van der Waals surface area contributed by atoms with E-state index < -0.39 is 12.2 Å². The van der Waals surface area contributed by atoms with Crippen molar-refractivity contribution in [2.45, 2.75) is 18.6 Å². The molecule has 0 saturated heterocycles. The molecule has 92 valence electrons. The average Bonchev–Trinajstić information content (AvgIpc) is 2.31. The Morgan fingerprint density at radius 1 is 1.59 bits per heavy atom. The maximum Gasteiger partial charge on any atom is 0.135 e. The van der Waals surface area contributed by atoms with Crippen molar-refractivity contribution in [2.75, 3.05) is 12.3 Å². The van der Waals surface area contributed by atoms with Crippen LogP contribution in [0.15, 0.2) is 17.4 Å². The first-order valence-corrected chi connectivity index (χ1v) is 5.22. The molecule has 0 radical (unpaired) electrons. The van der Waals surface area contributed by atoms with E-state index in [1.165, 1.54) is 12.3 Å². The Bertz CT molecular complexity index is 435. The van der Waals surface area contributed by atoms with Crippen molar-refractivity contribution in [1.82, 2.24) is 4.98 Å². The molecule has 0 spiro atoms. The summed E-state index contributed by atoms with van der Waals surface area (Å²) in [4.78, 5) is 6.31. The van der Waals surface area contributed by atoms with E-state index in [2.05, 4.69) is 15.0 Å². The van der Waals surface area contributed by atoms with Crippen molar-refractivity contribution in [3.8, 4) is 0 Å². The van der Waals surface area contributed by atoms with Crippen LogP contribution in [0.3, 0.4) is 0 Å². The molecular formula is C9H12ClN5O2. The molecule has 0 amide bonds. The summed E-state index contributed by atoms with van der Waals surface area (Å²) >= 11 is 5.78. The minimum absolute atomic E-state index is 0.0783. The summed E-state index contributed by atoms with van der Waals surface area (Å²) in [5.41, 5.74) is 14.2. The summed E-state index contributed by atoms with van der Waals surface area (Å²) in [5, 5.41) is 22.8. The third-order valence-electron chi connectivity index (χ3n) is 2.16. The predicted molar refractivity (Wildman–Crippen MR) is 63.3 cm³/mol. The number of rotatable bonds is 5. The van der Waals surface area contributed by atoms with Crippen LogP contribution in [0.2, 0.25) is 5.15 Å². The third-order valence-corrected chi connectivity index (χ3v) is 2.47. The number of nitrogen functional groups attached to an aromatic ring is 1. The van der Waals surface area contributed by atoms with Crippen molar-refractivity contribution in [3.05, 3.63) is 33.4 Å². The first-order valence-electron chi connectivity index (χ1n) is 4.84. The maximum atomic E-state index is 9.83. The molecule has 0 aromatic carbocycles. The molecule has 2 atom stereocenters. The standard InChI is InChI=1S/C9H12ClN5O2/c10-9-6(3-5(11)4-13-9)8(17)7(16)1-2-14-15-12/h3-4,7-8,16-17H,1-2,11H2. The van der Waals surface area contributed by atoms with E-state index in [1.54, 1.807) is 0 Å². The second kappa shape index (κ2) is 6.27. The van der Waals surface area contributed by atoms with Gasteiger partial charge in [0.2, 0.25) is 0 Å². The van der Waals surface area contributed by atoms with Crippen molar-refractivity contribution in [3.63, 3.8) is 0 Å². The van der Waals surface area contributed by atoms with Crippen molar-refractivity contribution in [2.24, 2.45) is 5.11 Å². The number of azide groups is 1. The summed E-state index contributed by atoms with van der Waals surface area (Å²) in [6, 6.07) is 1.44. The van der Waals surface area contributed by atoms with Gasteiger partial charge in [0, 0.05) is 17.0 Å². The highest BCUT2D eigenvalue weighted by molar-refractivity contribution is 6.30. The number of anilines is 1. The zero-order valence-electron chi connectivity index (χ0n) is 8.86. The molecule has 8 heteroatoms. The van der Waals surface area contributed by atoms with E-state index in [1.807, 2.05) is 0 Å². The fourth-order valence-corrected chi connectivity index (χ4v) is 1.50. The molecule has 0 aliphatic heterocycles. The second-order valence-corrected chi connectivity index (χ2v) is 3.76. The van der Waals surface area contributed by atoms with Crippen LogP contribution < -0.4 is 5.73 Å². The highest BCUT2D eigenvalue weighted by Gasteiger charge is 2.21. The highest BCUT2D eigenvalue weighted by atomic mass is 35.5. The number of nitrogens with zero attached hydrogens (tertiary/aromatic N) is 4. The predicted octanol–water partition coefficient (Wildman–Crippen LogP) is 1.41. The molecule has 2 unspecified atom stereocenters. The molecule has 7 nitrogen and oxygen atoms in total. The SMILES string of the molecule is [N-]=[N+]=NCCC(O)C(O)c1cc(N)cnc1Cl. The van der Waals surface area contributed by atoms with Gasteiger partial charge in [0.1, 0.15) is 11.3 Å². The summed E-state index contributed by atoms with van der Waals surface area (Å²) in [6.07, 6.45) is -0.838. The molecule has 1 aromatic rings. The number of pyridine rings is 1. The second-order valence-electron chi connectivity index (χ2n) is 3.40. The van der Waals surface area contributed by atoms with Crippen molar-refractivity contribution < 1.29 is 10.2 Å². The highest BCUT2D eigenvalue weighted by Crippen LogP contribution is 2.26. The monoisotopic (exact) mass is 257 g/mol. The maximum absolute atomic E-state index is 9.83. The van der Waals surface area contributed by atoms with Crippen LogP contribution in [-0.4, -0.2) is 27.8 Å². The summed E-state index contributed by atoms with van der Waals surface area (Å²) in [7, 11) is 0. The molecule has 17 heavy (non-hydrogen) atoms. The van der Waals surface area contributed by atoms with Crippen LogP contribution in [0.25, 0.3) is 10.4 Å². The van der Waals surface area contributed by atoms with Gasteiger partial charge in [-0.2, -0.15) is 0 Å². The van der Waals surface area contributed by atoms with E-state index in [0.717, 1.165) is 0 Å². The minimum Gasteiger partial charge on any atom is -0.397 e. The molecule has 0 aliphatic rings. The van der Waals surface area contributed by atoms with Crippen molar-refractivity contribution >= 4 is 17.3 Å². The zero-order chi connectivity index (χ0) is 12.8. The lowest BCUT2D eigenvalue weighted by atomic mass is 10.0. The third kappa shape index (κ3) is 3.76. The zero-order valence-corrected chi connectivity index (χ0v) is 9.62. The molecular weight excluding hydrogens is 246 g/mol. The van der Waals surface area contributed by atoms with E-state index in [9.17, 15) is 10.2 Å². The number of aliphatic hydroxyl groups excluding tert-OH is 2. The van der Waals surface area contributed by atoms with Gasteiger partial charge in [-0.1, -0.05) is 16.7 Å². The fourth-order valence-electron chi connectivity index (χ4n) is 1.29. The lowest BCUT2D eigenvalue weighted by Gasteiger charge is -2.18. The van der Waals surface area contributed by atoms with E-state index in [0.29, 0.717) is 5.69 Å². The van der Waals surface area contributed by atoms with Crippen molar-refractivity contribution in [1.29, 1.82) is 0 Å². The molecule has 1 heterocycles. The van der Waals surface area contributed by atoms with E-state index in [-0.39, 0.29) is 23.7 Å². The Hall–Kier alpha value is -1.53. The van der Waals surface area contributed by atoms with Gasteiger partial charge in [0.25, 0.3) is 0 Å². The molecule has 1 aromatic heterocycles. The van der Waals surface area contributed by atoms with Crippen LogP contribution in [0.4, 0.5) is 5.69 Å². The van der Waals surface area contributed by atoms with Crippen LogP contribution in [0.5, 0.6) is 0 Å². The molecule has 4 N–H and O–H groups in total. The van der Waals surface area contributed by atoms with Gasteiger partial charge in [-0.05, 0) is 18.0 Å². The largest absolute Gasteiger partial charge is 0.397 e. The van der Waals surface area contributed by atoms with Crippen LogP contribution in [0.1, 0.15) is 18.1 Å². The van der Waals surface area contributed by atoms with Crippen LogP contribution in [0, 0.1) is 0 Å². The van der Waals surface area contributed by atoms with Crippen LogP contribution >= 0.6 is 11.6 Å². The van der Waals surface area contributed by atoms with Gasteiger partial charge < -0.3 is 15.9 Å². The molecule has 0 saturated carbocycles. The van der Waals surface area contributed by atoms with Gasteiger partial charge in [-0.25, -0.2) is 4.98 Å². The Balaban J connectivity index is 2.76. The normalized spacial score (nSPS) is 13.8. The number of aliphatic hydroxyl groups is 2. The quantitative estimate of drug-likeness (QED) is 0.319.